The van der Waals surface area contributed by atoms with E-state index in [0.717, 1.165) is 31.4 Å². The van der Waals surface area contributed by atoms with E-state index in [9.17, 15) is 4.79 Å². The molecular formula is C14H18ClNO2. The summed E-state index contributed by atoms with van der Waals surface area (Å²) in [6.07, 6.45) is 3.12. The molecule has 1 aromatic carbocycles. The van der Waals surface area contributed by atoms with Crippen LogP contribution in [0.3, 0.4) is 0 Å². The summed E-state index contributed by atoms with van der Waals surface area (Å²) < 4.78 is 6.71. The number of piperidine rings is 1. The number of nitrogens with zero attached hydrogens (tertiary/aromatic N) is 1. The zero-order valence-corrected chi connectivity index (χ0v) is 11.3. The molecule has 0 radical (unpaired) electrons. The van der Waals surface area contributed by atoms with Crippen LogP contribution in [0.2, 0.25) is 0 Å². The number of esters is 1. The van der Waals surface area contributed by atoms with Crippen LogP contribution < -0.4 is 0 Å². The molecule has 0 bridgehead atoms. The summed E-state index contributed by atoms with van der Waals surface area (Å²) in [6, 6.07) is 9.76. The van der Waals surface area contributed by atoms with Gasteiger partial charge in [-0.05, 0) is 30.2 Å². The highest BCUT2D eigenvalue weighted by molar-refractivity contribution is 6.13. The molecule has 1 aliphatic heterocycles. The maximum absolute atomic E-state index is 12.0. The van der Waals surface area contributed by atoms with Gasteiger partial charge in [-0.3, -0.25) is 4.79 Å². The van der Waals surface area contributed by atoms with Crippen molar-refractivity contribution in [3.63, 3.8) is 0 Å². The molecule has 0 N–H and O–H groups in total. The van der Waals surface area contributed by atoms with Crippen molar-refractivity contribution in [2.45, 2.75) is 31.2 Å². The van der Waals surface area contributed by atoms with Crippen LogP contribution in [-0.4, -0.2) is 30.1 Å². The highest BCUT2D eigenvalue weighted by atomic mass is 35.5. The molecule has 0 amide bonds. The van der Waals surface area contributed by atoms with E-state index in [2.05, 4.69) is 0 Å². The van der Waals surface area contributed by atoms with Gasteiger partial charge in [0, 0.05) is 12.6 Å². The van der Waals surface area contributed by atoms with Crippen LogP contribution in [0.15, 0.2) is 30.3 Å². The summed E-state index contributed by atoms with van der Waals surface area (Å²) in [5.41, 5.74) is 0.974. The average molecular weight is 268 g/mol. The number of benzene rings is 1. The van der Waals surface area contributed by atoms with E-state index < -0.39 is 0 Å². The highest BCUT2D eigenvalue weighted by Gasteiger charge is 2.35. The van der Waals surface area contributed by atoms with Gasteiger partial charge in [0.1, 0.15) is 0 Å². The maximum Gasteiger partial charge on any atom is 0.314 e. The number of methoxy groups -OCH3 is 1. The van der Waals surface area contributed by atoms with E-state index in [1.54, 1.807) is 4.42 Å². The van der Waals surface area contributed by atoms with Gasteiger partial charge < -0.3 is 4.74 Å². The highest BCUT2D eigenvalue weighted by Crippen LogP contribution is 2.32. The lowest BCUT2D eigenvalue weighted by Gasteiger charge is -2.34. The second kappa shape index (κ2) is 6.21. The molecule has 0 aliphatic carbocycles. The van der Waals surface area contributed by atoms with Gasteiger partial charge in [-0.15, -0.1) is 0 Å². The van der Waals surface area contributed by atoms with Gasteiger partial charge >= 0.3 is 5.97 Å². The Labute approximate surface area is 113 Å². The molecule has 1 fully saturated rings. The van der Waals surface area contributed by atoms with Gasteiger partial charge in [0.2, 0.25) is 0 Å². The molecule has 0 aromatic heterocycles. The minimum Gasteiger partial charge on any atom is -0.469 e. The van der Waals surface area contributed by atoms with E-state index >= 15 is 0 Å². The van der Waals surface area contributed by atoms with Crippen molar-refractivity contribution in [2.75, 3.05) is 13.7 Å². The van der Waals surface area contributed by atoms with Crippen LogP contribution in [0.4, 0.5) is 0 Å². The third-order valence-corrected chi connectivity index (χ3v) is 3.90. The number of halogens is 1. The smallest absolute Gasteiger partial charge is 0.314 e. The molecule has 2 atom stereocenters. The number of rotatable bonds is 3. The first-order valence-corrected chi connectivity index (χ1v) is 6.63. The standard InChI is InChI=1S/C14H18ClNO2/c1-18-14(17)13(11-7-3-2-4-8-11)12-9-5-6-10-16(12)15/h2-4,7-8,12-13H,5-6,9-10H2,1H3/t12?,13-/m1/s1. The van der Waals surface area contributed by atoms with Crippen LogP contribution in [-0.2, 0) is 9.53 Å². The Kier molecular flexibility index (Phi) is 4.61. The number of carbonyl (C=O) groups excluding carboxylic acids is 1. The first-order chi connectivity index (χ1) is 8.74. The molecule has 0 spiro atoms. The Hall–Kier alpha value is -1.06. The van der Waals surface area contributed by atoms with Crippen molar-refractivity contribution in [2.24, 2.45) is 0 Å². The second-order valence-electron chi connectivity index (χ2n) is 4.60. The van der Waals surface area contributed by atoms with Gasteiger partial charge in [-0.2, -0.15) is 0 Å². The van der Waals surface area contributed by atoms with Crippen LogP contribution >= 0.6 is 11.8 Å². The first kappa shape index (κ1) is 13.4. The van der Waals surface area contributed by atoms with E-state index in [0.29, 0.717) is 0 Å². The van der Waals surface area contributed by atoms with Crippen LogP contribution in [0, 0.1) is 0 Å². The molecular weight excluding hydrogens is 250 g/mol. The second-order valence-corrected chi connectivity index (χ2v) is 5.03. The molecule has 98 valence electrons. The number of hydrogen-bond donors (Lipinski definition) is 0. The van der Waals surface area contributed by atoms with Crippen LogP contribution in [0.25, 0.3) is 0 Å². The van der Waals surface area contributed by atoms with E-state index in [4.69, 9.17) is 16.5 Å². The van der Waals surface area contributed by atoms with Gasteiger partial charge in [0.25, 0.3) is 0 Å². The predicted octanol–water partition coefficient (Wildman–Crippen LogP) is 2.95. The van der Waals surface area contributed by atoms with Gasteiger partial charge in [-0.25, -0.2) is 4.42 Å². The Balaban J connectivity index is 2.27. The average Bonchev–Trinajstić information content (AvgIpc) is 2.42. The van der Waals surface area contributed by atoms with Gasteiger partial charge in [0.05, 0.1) is 13.0 Å². The maximum atomic E-state index is 12.0. The third-order valence-electron chi connectivity index (χ3n) is 3.48. The summed E-state index contributed by atoms with van der Waals surface area (Å²) in [4.78, 5) is 12.0. The summed E-state index contributed by atoms with van der Waals surface area (Å²) in [5, 5.41) is 0. The molecule has 1 unspecified atom stereocenters. The van der Waals surface area contributed by atoms with Crippen molar-refractivity contribution in [3.8, 4) is 0 Å². The summed E-state index contributed by atoms with van der Waals surface area (Å²) >= 11 is 6.25. The third kappa shape index (κ3) is 2.85. The van der Waals surface area contributed by atoms with Crippen molar-refractivity contribution in [1.29, 1.82) is 0 Å². The number of hydrogen-bond acceptors (Lipinski definition) is 3. The Morgan fingerprint density at radius 2 is 2.11 bits per heavy atom. The predicted molar refractivity (Wildman–Crippen MR) is 71.4 cm³/mol. The molecule has 18 heavy (non-hydrogen) atoms. The molecule has 4 heteroatoms. The van der Waals surface area contributed by atoms with Gasteiger partial charge in [-0.1, -0.05) is 36.8 Å². The first-order valence-electron chi connectivity index (χ1n) is 6.29. The lowest BCUT2D eigenvalue weighted by molar-refractivity contribution is -0.144. The molecule has 2 rings (SSSR count). The fourth-order valence-corrected chi connectivity index (χ4v) is 2.88. The lowest BCUT2D eigenvalue weighted by atomic mass is 9.86. The Bertz CT molecular complexity index is 396. The molecule has 1 aliphatic rings. The lowest BCUT2D eigenvalue weighted by Crippen LogP contribution is -2.40. The van der Waals surface area contributed by atoms with Crippen molar-refractivity contribution < 1.29 is 9.53 Å². The minimum atomic E-state index is -0.297. The monoisotopic (exact) mass is 267 g/mol. The van der Waals surface area contributed by atoms with Crippen molar-refractivity contribution >= 4 is 17.7 Å². The number of ether oxygens (including phenoxy) is 1. The fraction of sp³-hybridized carbons (Fsp3) is 0.500. The summed E-state index contributed by atoms with van der Waals surface area (Å²) in [7, 11) is 1.43. The van der Waals surface area contributed by atoms with Crippen LogP contribution in [0.1, 0.15) is 30.7 Å². The molecule has 1 saturated heterocycles. The summed E-state index contributed by atoms with van der Waals surface area (Å²) in [6.45, 7) is 0.826. The topological polar surface area (TPSA) is 29.5 Å². The molecule has 1 heterocycles. The zero-order chi connectivity index (χ0) is 13.0. The molecule has 3 nitrogen and oxygen atoms in total. The van der Waals surface area contributed by atoms with Crippen LogP contribution in [0.5, 0.6) is 0 Å². The quantitative estimate of drug-likeness (QED) is 0.623. The molecule has 1 aromatic rings. The van der Waals surface area contributed by atoms with Gasteiger partial charge in [0.15, 0.2) is 0 Å². The number of carbonyl (C=O) groups is 1. The Morgan fingerprint density at radius 3 is 2.72 bits per heavy atom. The fourth-order valence-electron chi connectivity index (χ4n) is 2.55. The van der Waals surface area contributed by atoms with Crippen molar-refractivity contribution in [1.82, 2.24) is 4.42 Å². The van der Waals surface area contributed by atoms with E-state index in [1.165, 1.54) is 7.11 Å². The van der Waals surface area contributed by atoms with E-state index in [1.807, 2.05) is 30.3 Å². The van der Waals surface area contributed by atoms with E-state index in [-0.39, 0.29) is 17.9 Å². The summed E-state index contributed by atoms with van der Waals surface area (Å²) in [5.74, 6) is -0.507. The normalized spacial score (nSPS) is 22.4. The minimum absolute atomic E-state index is 0.0234. The Morgan fingerprint density at radius 1 is 1.39 bits per heavy atom. The largest absolute Gasteiger partial charge is 0.469 e. The zero-order valence-electron chi connectivity index (χ0n) is 10.5. The molecule has 0 saturated carbocycles. The SMILES string of the molecule is COC(=O)[C@H](c1ccccc1)C1CCCCN1Cl. The van der Waals surface area contributed by atoms with Crippen molar-refractivity contribution in [3.05, 3.63) is 35.9 Å².